The molecule has 3 heterocycles. The van der Waals surface area contributed by atoms with Gasteiger partial charge in [-0.1, -0.05) is 15.9 Å². The number of hydrogen-bond acceptors (Lipinski definition) is 6. The van der Waals surface area contributed by atoms with Crippen molar-refractivity contribution < 1.29 is 9.53 Å². The number of morpholine rings is 1. The normalized spacial score (nSPS) is 16.5. The van der Waals surface area contributed by atoms with Crippen molar-refractivity contribution in [1.82, 2.24) is 14.5 Å². The number of rotatable bonds is 4. The van der Waals surface area contributed by atoms with Crippen molar-refractivity contribution >= 4 is 44.2 Å². The number of amides is 1. The van der Waals surface area contributed by atoms with E-state index < -0.39 is 11.2 Å². The van der Waals surface area contributed by atoms with E-state index in [-0.39, 0.29) is 22.9 Å². The smallest absolute Gasteiger partial charge is 0.330 e. The molecule has 0 unspecified atom stereocenters. The van der Waals surface area contributed by atoms with Crippen LogP contribution < -0.4 is 21.5 Å². The van der Waals surface area contributed by atoms with Gasteiger partial charge in [-0.05, 0) is 37.1 Å². The predicted octanol–water partition coefficient (Wildman–Crippen LogP) is 2.27. The molecule has 9 nitrogen and oxygen atoms in total. The molecule has 160 valence electrons. The van der Waals surface area contributed by atoms with Crippen LogP contribution in [0.2, 0.25) is 0 Å². The standard InChI is InChI=1S/C21H20BrN5O4/c22-13-1-4-17(26-5-7-31-8-6-26)16(10-13)24-19(28)12-9-15-18(23-11-12)27(14-2-3-14)21(30)25-20(15)29/h1,4,9-11,14H,2-3,5-8H2,(H,24,28)(H,25,29,30). The fourth-order valence-electron chi connectivity index (χ4n) is 3.82. The van der Waals surface area contributed by atoms with E-state index in [4.69, 9.17) is 4.74 Å². The van der Waals surface area contributed by atoms with Crippen LogP contribution in [0.4, 0.5) is 11.4 Å². The van der Waals surface area contributed by atoms with E-state index in [9.17, 15) is 14.4 Å². The molecule has 1 saturated heterocycles. The molecule has 2 fully saturated rings. The molecule has 2 N–H and O–H groups in total. The number of ether oxygens (including phenoxy) is 1. The number of carbonyl (C=O) groups excluding carboxylic acids is 1. The SMILES string of the molecule is O=C(Nc1cc(Br)ccc1N1CCOCC1)c1cnc2c(c1)c(=O)[nH]c(=O)n2C1CC1. The number of halogens is 1. The highest BCUT2D eigenvalue weighted by Crippen LogP contribution is 2.35. The van der Waals surface area contributed by atoms with Crippen LogP contribution in [-0.4, -0.2) is 46.7 Å². The van der Waals surface area contributed by atoms with Crippen LogP contribution in [0.3, 0.4) is 0 Å². The van der Waals surface area contributed by atoms with Gasteiger partial charge in [0, 0.05) is 29.8 Å². The maximum absolute atomic E-state index is 13.0. The van der Waals surface area contributed by atoms with Gasteiger partial charge in [-0.2, -0.15) is 0 Å². The summed E-state index contributed by atoms with van der Waals surface area (Å²) in [6.45, 7) is 2.72. The average Bonchev–Trinajstić information content (AvgIpc) is 3.59. The molecule has 31 heavy (non-hydrogen) atoms. The molecule has 1 aromatic carbocycles. The highest BCUT2D eigenvalue weighted by Gasteiger charge is 2.28. The average molecular weight is 486 g/mol. The lowest BCUT2D eigenvalue weighted by Crippen LogP contribution is -2.36. The Kier molecular flexibility index (Phi) is 5.11. The first-order chi connectivity index (χ1) is 15.0. The second-order valence-corrected chi connectivity index (χ2v) is 8.59. The van der Waals surface area contributed by atoms with Gasteiger partial charge in [0.05, 0.1) is 35.5 Å². The number of carbonyl (C=O) groups is 1. The summed E-state index contributed by atoms with van der Waals surface area (Å²) in [5.74, 6) is -0.384. The Morgan fingerprint density at radius 3 is 2.71 bits per heavy atom. The molecular formula is C21H20BrN5O4. The molecule has 2 aromatic heterocycles. The number of nitrogens with one attached hydrogen (secondary N) is 2. The van der Waals surface area contributed by atoms with E-state index in [0.29, 0.717) is 24.5 Å². The summed E-state index contributed by atoms with van der Waals surface area (Å²) in [6, 6.07) is 7.25. The zero-order valence-corrected chi connectivity index (χ0v) is 18.1. The maximum Gasteiger partial charge on any atom is 0.330 e. The van der Waals surface area contributed by atoms with E-state index >= 15 is 0 Å². The van der Waals surface area contributed by atoms with Gasteiger partial charge in [0.15, 0.2) is 0 Å². The number of H-pyrrole nitrogens is 1. The van der Waals surface area contributed by atoms with Crippen molar-refractivity contribution in [2.45, 2.75) is 18.9 Å². The molecule has 2 aliphatic rings. The molecule has 1 aliphatic heterocycles. The lowest BCUT2D eigenvalue weighted by atomic mass is 10.2. The topological polar surface area (TPSA) is 109 Å². The number of nitrogens with zero attached hydrogens (tertiary/aromatic N) is 3. The highest BCUT2D eigenvalue weighted by atomic mass is 79.9. The van der Waals surface area contributed by atoms with E-state index in [0.717, 1.165) is 36.1 Å². The fraction of sp³-hybridized carbons (Fsp3) is 0.333. The Bertz CT molecular complexity index is 1290. The first-order valence-electron chi connectivity index (χ1n) is 10.1. The van der Waals surface area contributed by atoms with Gasteiger partial charge in [0.2, 0.25) is 0 Å². The summed E-state index contributed by atoms with van der Waals surface area (Å²) in [6.07, 6.45) is 3.15. The Morgan fingerprint density at radius 2 is 1.97 bits per heavy atom. The van der Waals surface area contributed by atoms with Crippen LogP contribution in [0.1, 0.15) is 29.2 Å². The Hall–Kier alpha value is -2.98. The van der Waals surface area contributed by atoms with Crippen LogP contribution in [0, 0.1) is 0 Å². The third-order valence-corrected chi connectivity index (χ3v) is 6.00. The third kappa shape index (κ3) is 3.88. The fourth-order valence-corrected chi connectivity index (χ4v) is 4.18. The zero-order valence-electron chi connectivity index (χ0n) is 16.6. The Balaban J connectivity index is 1.49. The molecule has 1 saturated carbocycles. The van der Waals surface area contributed by atoms with Gasteiger partial charge in [-0.25, -0.2) is 9.78 Å². The Morgan fingerprint density at radius 1 is 1.19 bits per heavy atom. The minimum absolute atomic E-state index is 0.0526. The lowest BCUT2D eigenvalue weighted by Gasteiger charge is -2.30. The third-order valence-electron chi connectivity index (χ3n) is 5.51. The number of anilines is 2. The first-order valence-corrected chi connectivity index (χ1v) is 10.9. The number of fused-ring (bicyclic) bond motifs is 1. The van der Waals surface area contributed by atoms with Crippen LogP contribution in [-0.2, 0) is 4.74 Å². The molecule has 10 heteroatoms. The lowest BCUT2D eigenvalue weighted by molar-refractivity contribution is 0.102. The minimum atomic E-state index is -0.546. The van der Waals surface area contributed by atoms with Gasteiger partial charge in [-0.15, -0.1) is 0 Å². The number of pyridine rings is 1. The monoisotopic (exact) mass is 485 g/mol. The van der Waals surface area contributed by atoms with Gasteiger partial charge in [0.25, 0.3) is 11.5 Å². The molecule has 1 amide bonds. The zero-order chi connectivity index (χ0) is 21.5. The number of hydrogen-bond donors (Lipinski definition) is 2. The van der Waals surface area contributed by atoms with Crippen molar-refractivity contribution in [3.8, 4) is 0 Å². The quantitative estimate of drug-likeness (QED) is 0.586. The molecule has 0 atom stereocenters. The summed E-state index contributed by atoms with van der Waals surface area (Å²) in [7, 11) is 0. The summed E-state index contributed by atoms with van der Waals surface area (Å²) < 4.78 is 7.76. The van der Waals surface area contributed by atoms with Crippen molar-refractivity contribution in [1.29, 1.82) is 0 Å². The number of benzene rings is 1. The molecule has 0 bridgehead atoms. The summed E-state index contributed by atoms with van der Waals surface area (Å²) in [4.78, 5) is 46.4. The summed E-state index contributed by atoms with van der Waals surface area (Å²) >= 11 is 3.46. The van der Waals surface area contributed by atoms with Crippen molar-refractivity contribution in [2.24, 2.45) is 0 Å². The van der Waals surface area contributed by atoms with Crippen LogP contribution >= 0.6 is 15.9 Å². The Labute approximate surface area is 185 Å². The van der Waals surface area contributed by atoms with E-state index in [1.807, 2.05) is 18.2 Å². The molecular weight excluding hydrogens is 466 g/mol. The number of aromatic amines is 1. The van der Waals surface area contributed by atoms with Crippen molar-refractivity contribution in [3.05, 3.63) is 61.3 Å². The molecule has 5 rings (SSSR count). The summed E-state index contributed by atoms with van der Waals surface area (Å²) in [5, 5.41) is 3.16. The molecule has 0 radical (unpaired) electrons. The second-order valence-electron chi connectivity index (χ2n) is 7.67. The van der Waals surface area contributed by atoms with Gasteiger partial charge >= 0.3 is 5.69 Å². The summed E-state index contributed by atoms with van der Waals surface area (Å²) in [5.41, 5.74) is 1.09. The largest absolute Gasteiger partial charge is 0.378 e. The van der Waals surface area contributed by atoms with Crippen molar-refractivity contribution in [3.63, 3.8) is 0 Å². The molecule has 0 spiro atoms. The maximum atomic E-state index is 13.0. The van der Waals surface area contributed by atoms with Gasteiger partial charge < -0.3 is 15.0 Å². The van der Waals surface area contributed by atoms with Crippen LogP contribution in [0.25, 0.3) is 11.0 Å². The molecule has 3 aromatic rings. The van der Waals surface area contributed by atoms with Crippen LogP contribution in [0.15, 0.2) is 44.5 Å². The predicted molar refractivity (Wildman–Crippen MR) is 120 cm³/mol. The van der Waals surface area contributed by atoms with Gasteiger partial charge in [0.1, 0.15) is 5.65 Å². The number of aromatic nitrogens is 3. The minimum Gasteiger partial charge on any atom is -0.378 e. The molecule has 1 aliphatic carbocycles. The highest BCUT2D eigenvalue weighted by molar-refractivity contribution is 9.10. The van der Waals surface area contributed by atoms with E-state index in [1.165, 1.54) is 16.8 Å². The second kappa shape index (κ2) is 7.93. The van der Waals surface area contributed by atoms with E-state index in [2.05, 4.69) is 36.1 Å². The van der Waals surface area contributed by atoms with Crippen LogP contribution in [0.5, 0.6) is 0 Å². The first kappa shape index (κ1) is 20.0. The van der Waals surface area contributed by atoms with Gasteiger partial charge in [-0.3, -0.25) is 19.1 Å². The van der Waals surface area contributed by atoms with Crippen molar-refractivity contribution in [2.75, 3.05) is 36.5 Å². The van der Waals surface area contributed by atoms with E-state index in [1.54, 1.807) is 0 Å².